The van der Waals surface area contributed by atoms with Crippen LogP contribution < -0.4 is 5.73 Å². The van der Waals surface area contributed by atoms with E-state index in [0.29, 0.717) is 28.6 Å². The van der Waals surface area contributed by atoms with Gasteiger partial charge in [-0.05, 0) is 30.2 Å². The highest BCUT2D eigenvalue weighted by molar-refractivity contribution is 5.99. The first kappa shape index (κ1) is 16.9. The molecule has 0 atom stereocenters. The Morgan fingerprint density at radius 3 is 2.78 bits per heavy atom. The molecule has 0 amide bonds. The van der Waals surface area contributed by atoms with E-state index in [1.807, 2.05) is 48.5 Å². The number of aromatic nitrogens is 3. The zero-order valence-corrected chi connectivity index (χ0v) is 14.9. The second kappa shape index (κ2) is 6.99. The Hall–Kier alpha value is -3.54. The molecule has 0 aliphatic heterocycles. The molecule has 2 aromatic carbocycles. The predicted octanol–water partition coefficient (Wildman–Crippen LogP) is 4.70. The van der Waals surface area contributed by atoms with Gasteiger partial charge in [0.05, 0.1) is 11.9 Å². The van der Waals surface area contributed by atoms with E-state index in [4.69, 9.17) is 15.6 Å². The van der Waals surface area contributed by atoms with Crippen molar-refractivity contribution in [3.63, 3.8) is 0 Å². The maximum atomic E-state index is 8.18. The van der Waals surface area contributed by atoms with E-state index in [9.17, 15) is 0 Å². The number of benzene rings is 2. The minimum Gasteiger partial charge on any atom is -0.435 e. The quantitative estimate of drug-likeness (QED) is 0.504. The number of nitrogens with two attached hydrogens (primary N) is 1. The smallest absolute Gasteiger partial charge is 0.250 e. The average Bonchev–Trinajstić information content (AvgIpc) is 3.12. The molecule has 0 spiro atoms. The van der Waals surface area contributed by atoms with Crippen molar-refractivity contribution in [2.75, 3.05) is 5.73 Å². The van der Waals surface area contributed by atoms with Crippen molar-refractivity contribution >= 4 is 22.6 Å². The number of rotatable bonds is 5. The third-order valence-corrected chi connectivity index (χ3v) is 4.30. The monoisotopic (exact) mass is 357 g/mol. The summed E-state index contributed by atoms with van der Waals surface area (Å²) in [6.45, 7) is 2.07. The Morgan fingerprint density at radius 1 is 1.11 bits per heavy atom. The summed E-state index contributed by atoms with van der Waals surface area (Å²) in [5, 5.41) is 8.18. The molecular formula is C21H19N5O. The minimum absolute atomic E-state index is 0.264. The lowest BCUT2D eigenvalue weighted by Crippen LogP contribution is -2.01. The van der Waals surface area contributed by atoms with Gasteiger partial charge in [0.15, 0.2) is 17.1 Å². The van der Waals surface area contributed by atoms with Gasteiger partial charge in [-0.3, -0.25) is 0 Å². The van der Waals surface area contributed by atoms with Gasteiger partial charge in [0, 0.05) is 11.3 Å². The van der Waals surface area contributed by atoms with E-state index in [1.54, 1.807) is 6.20 Å². The Balaban J connectivity index is 1.76. The molecule has 0 aliphatic rings. The van der Waals surface area contributed by atoms with Crippen LogP contribution in [0.5, 0.6) is 0 Å². The van der Waals surface area contributed by atoms with Crippen LogP contribution in [-0.4, -0.2) is 20.7 Å². The van der Waals surface area contributed by atoms with Crippen molar-refractivity contribution in [1.29, 1.82) is 5.41 Å². The number of hydrogen-bond donors (Lipinski definition) is 2. The van der Waals surface area contributed by atoms with Gasteiger partial charge < -0.3 is 15.6 Å². The summed E-state index contributed by atoms with van der Waals surface area (Å²) < 4.78 is 5.79. The van der Waals surface area contributed by atoms with Crippen molar-refractivity contribution in [2.24, 2.45) is 0 Å². The Bertz CT molecular complexity index is 1100. The lowest BCUT2D eigenvalue weighted by atomic mass is 10.0. The van der Waals surface area contributed by atoms with Crippen LogP contribution >= 0.6 is 0 Å². The Kier molecular flexibility index (Phi) is 4.38. The van der Waals surface area contributed by atoms with Crippen molar-refractivity contribution in [2.45, 2.75) is 19.8 Å². The molecule has 2 heterocycles. The maximum Gasteiger partial charge on any atom is 0.250 e. The lowest BCUT2D eigenvalue weighted by molar-refractivity contribution is 0.617. The van der Waals surface area contributed by atoms with Crippen molar-refractivity contribution in [3.05, 3.63) is 60.3 Å². The molecule has 2 aromatic heterocycles. The molecule has 0 unspecified atom stereocenters. The van der Waals surface area contributed by atoms with Crippen LogP contribution in [0.25, 0.3) is 33.9 Å². The highest BCUT2D eigenvalue weighted by Gasteiger charge is 2.15. The fourth-order valence-electron chi connectivity index (χ4n) is 2.93. The van der Waals surface area contributed by atoms with E-state index in [2.05, 4.69) is 21.9 Å². The first-order valence-corrected chi connectivity index (χ1v) is 8.82. The zero-order chi connectivity index (χ0) is 18.8. The number of oxazole rings is 1. The van der Waals surface area contributed by atoms with Crippen molar-refractivity contribution in [3.8, 4) is 22.8 Å². The van der Waals surface area contributed by atoms with Gasteiger partial charge in [-0.1, -0.05) is 43.7 Å². The van der Waals surface area contributed by atoms with Crippen molar-refractivity contribution in [1.82, 2.24) is 15.0 Å². The number of anilines is 1. The number of nitrogens with one attached hydrogen (secondary N) is 1. The van der Waals surface area contributed by atoms with E-state index in [0.717, 1.165) is 29.5 Å². The zero-order valence-electron chi connectivity index (χ0n) is 14.9. The van der Waals surface area contributed by atoms with Crippen LogP contribution in [0.3, 0.4) is 0 Å². The maximum absolute atomic E-state index is 8.18. The first-order valence-electron chi connectivity index (χ1n) is 8.82. The molecule has 0 saturated carbocycles. The van der Waals surface area contributed by atoms with E-state index < -0.39 is 0 Å². The number of nitrogens with zero attached hydrogens (tertiary/aromatic N) is 3. The average molecular weight is 357 g/mol. The third kappa shape index (κ3) is 3.29. The molecule has 6 nitrogen and oxygen atoms in total. The van der Waals surface area contributed by atoms with E-state index in [-0.39, 0.29) is 5.82 Å². The highest BCUT2D eigenvalue weighted by Crippen LogP contribution is 2.28. The normalized spacial score (nSPS) is 11.0. The summed E-state index contributed by atoms with van der Waals surface area (Å²) in [4.78, 5) is 13.4. The summed E-state index contributed by atoms with van der Waals surface area (Å²) in [6.07, 6.45) is 3.31. The summed E-state index contributed by atoms with van der Waals surface area (Å²) in [5.74, 6) is 0.609. The number of nitrogen functional groups attached to an aromatic ring is 1. The Labute approximate surface area is 156 Å². The SMILES string of the molecule is CCCC(=N)c1cccc(-c2cnc(N)c(-c3nc4ccccc4o3)n2)c1. The predicted molar refractivity (Wildman–Crippen MR) is 107 cm³/mol. The third-order valence-electron chi connectivity index (χ3n) is 4.30. The molecule has 6 heteroatoms. The molecule has 4 rings (SSSR count). The van der Waals surface area contributed by atoms with Crippen molar-refractivity contribution < 1.29 is 4.42 Å². The summed E-state index contributed by atoms with van der Waals surface area (Å²) >= 11 is 0. The standard InChI is InChI=1S/C21H19N5O/c1-2-6-15(22)13-7-5-8-14(11-13)17-12-24-20(23)19(25-17)21-26-16-9-3-4-10-18(16)27-21/h3-5,7-12,22H,2,6H2,1H3,(H2,23,24). The number of fused-ring (bicyclic) bond motifs is 1. The summed E-state index contributed by atoms with van der Waals surface area (Å²) in [7, 11) is 0. The molecule has 4 aromatic rings. The van der Waals surface area contributed by atoms with E-state index in [1.165, 1.54) is 0 Å². The van der Waals surface area contributed by atoms with Crippen LogP contribution in [0.1, 0.15) is 25.3 Å². The minimum atomic E-state index is 0.264. The fourth-order valence-corrected chi connectivity index (χ4v) is 2.93. The lowest BCUT2D eigenvalue weighted by Gasteiger charge is -2.07. The molecule has 0 fully saturated rings. The van der Waals surface area contributed by atoms with Gasteiger partial charge >= 0.3 is 0 Å². The van der Waals surface area contributed by atoms with Gasteiger partial charge in [0.25, 0.3) is 0 Å². The highest BCUT2D eigenvalue weighted by atomic mass is 16.3. The second-order valence-corrected chi connectivity index (χ2v) is 6.29. The Morgan fingerprint density at radius 2 is 1.96 bits per heavy atom. The van der Waals surface area contributed by atoms with Crippen LogP contribution in [0.15, 0.2) is 59.1 Å². The fraction of sp³-hybridized carbons (Fsp3) is 0.143. The summed E-state index contributed by atoms with van der Waals surface area (Å²) in [5.41, 5.74) is 10.9. The van der Waals surface area contributed by atoms with Gasteiger partial charge in [-0.15, -0.1) is 0 Å². The topological polar surface area (TPSA) is 102 Å². The summed E-state index contributed by atoms with van der Waals surface area (Å²) in [6, 6.07) is 15.3. The molecule has 27 heavy (non-hydrogen) atoms. The molecule has 0 radical (unpaired) electrons. The first-order chi connectivity index (χ1) is 13.2. The molecular weight excluding hydrogens is 338 g/mol. The molecule has 3 N–H and O–H groups in total. The number of para-hydroxylation sites is 2. The van der Waals surface area contributed by atoms with E-state index >= 15 is 0 Å². The molecule has 0 saturated heterocycles. The van der Waals surface area contributed by atoms with Gasteiger partial charge in [-0.2, -0.15) is 0 Å². The van der Waals surface area contributed by atoms with Gasteiger partial charge in [0.1, 0.15) is 5.52 Å². The van der Waals surface area contributed by atoms with Gasteiger partial charge in [0.2, 0.25) is 5.89 Å². The molecule has 0 aliphatic carbocycles. The molecule has 0 bridgehead atoms. The van der Waals surface area contributed by atoms with Crippen LogP contribution in [0.2, 0.25) is 0 Å². The second-order valence-electron chi connectivity index (χ2n) is 6.29. The molecule has 134 valence electrons. The van der Waals surface area contributed by atoms with Crippen LogP contribution in [-0.2, 0) is 0 Å². The van der Waals surface area contributed by atoms with Crippen LogP contribution in [0, 0.1) is 5.41 Å². The number of hydrogen-bond acceptors (Lipinski definition) is 6. The van der Waals surface area contributed by atoms with Gasteiger partial charge in [-0.25, -0.2) is 15.0 Å². The largest absolute Gasteiger partial charge is 0.435 e. The van der Waals surface area contributed by atoms with Crippen LogP contribution in [0.4, 0.5) is 5.82 Å².